The van der Waals surface area contributed by atoms with Gasteiger partial charge in [0.2, 0.25) is 0 Å². The van der Waals surface area contributed by atoms with Crippen molar-refractivity contribution in [1.82, 2.24) is 15.0 Å². The fourth-order valence-corrected chi connectivity index (χ4v) is 2.64. The molecule has 3 aromatic heterocycles. The maximum Gasteiger partial charge on any atom is 0.354 e. The number of aryl methyl sites for hydroxylation is 1. The summed E-state index contributed by atoms with van der Waals surface area (Å²) in [5.41, 5.74) is 4.20. The summed E-state index contributed by atoms with van der Waals surface area (Å²) in [4.78, 5) is 22.0. The number of ether oxygens (including phenoxy) is 1. The molecule has 3 aromatic rings. The summed E-state index contributed by atoms with van der Waals surface area (Å²) in [5.74, 6) is -0.381. The van der Waals surface area contributed by atoms with Gasteiger partial charge in [0.15, 0.2) is 0 Å². The molecule has 0 bridgehead atoms. The molecule has 2 N–H and O–H groups in total. The molecule has 20 heavy (non-hydrogen) atoms. The van der Waals surface area contributed by atoms with Gasteiger partial charge in [-0.1, -0.05) is 0 Å². The highest BCUT2D eigenvalue weighted by Gasteiger charge is 2.15. The third-order valence-electron chi connectivity index (χ3n) is 3.18. The number of esters is 1. The molecular formula is C14H12BrN3O2. The molecule has 0 amide bonds. The summed E-state index contributed by atoms with van der Waals surface area (Å²) >= 11 is 3.43. The quantitative estimate of drug-likeness (QED) is 0.706. The number of methoxy groups -OCH3 is 1. The largest absolute Gasteiger partial charge is 0.464 e. The average Bonchev–Trinajstić information content (AvgIpc) is 3.01. The number of aromatic amines is 2. The van der Waals surface area contributed by atoms with Gasteiger partial charge >= 0.3 is 5.97 Å². The van der Waals surface area contributed by atoms with Crippen molar-refractivity contribution in [3.63, 3.8) is 0 Å². The first-order valence-corrected chi connectivity index (χ1v) is 6.80. The summed E-state index contributed by atoms with van der Waals surface area (Å²) in [6.07, 6.45) is 3.54. The van der Waals surface area contributed by atoms with Crippen LogP contribution in [-0.4, -0.2) is 28.0 Å². The van der Waals surface area contributed by atoms with E-state index in [1.807, 2.05) is 13.0 Å². The number of hydrogen-bond donors (Lipinski definition) is 2. The van der Waals surface area contributed by atoms with Crippen molar-refractivity contribution < 1.29 is 9.53 Å². The third-order valence-corrected chi connectivity index (χ3v) is 3.62. The van der Waals surface area contributed by atoms with Gasteiger partial charge in [0, 0.05) is 39.1 Å². The molecular weight excluding hydrogens is 322 g/mol. The minimum atomic E-state index is -0.381. The Labute approximate surface area is 123 Å². The number of rotatable bonds is 2. The summed E-state index contributed by atoms with van der Waals surface area (Å²) in [5, 5.41) is 1.01. The first kappa shape index (κ1) is 12.9. The van der Waals surface area contributed by atoms with Crippen LogP contribution < -0.4 is 0 Å². The number of halogens is 1. The molecule has 0 aromatic carbocycles. The van der Waals surface area contributed by atoms with Crippen LogP contribution in [0.15, 0.2) is 29.0 Å². The zero-order valence-electron chi connectivity index (χ0n) is 11.0. The second-order valence-electron chi connectivity index (χ2n) is 4.47. The molecule has 0 fully saturated rings. The fraction of sp³-hybridized carbons (Fsp3) is 0.143. The maximum absolute atomic E-state index is 11.5. The number of aromatic nitrogens is 3. The number of nitrogens with zero attached hydrogens (tertiary/aromatic N) is 1. The Morgan fingerprint density at radius 2 is 2.20 bits per heavy atom. The Morgan fingerprint density at radius 3 is 2.95 bits per heavy atom. The first-order chi connectivity index (χ1) is 9.60. The monoisotopic (exact) mass is 333 g/mol. The van der Waals surface area contributed by atoms with Gasteiger partial charge in [-0.2, -0.15) is 0 Å². The highest BCUT2D eigenvalue weighted by Crippen LogP contribution is 2.33. The summed E-state index contributed by atoms with van der Waals surface area (Å²) in [6, 6.07) is 3.79. The van der Waals surface area contributed by atoms with Crippen LogP contribution in [0.2, 0.25) is 0 Å². The second kappa shape index (κ2) is 4.79. The Balaban J connectivity index is 2.18. The predicted octanol–water partition coefficient (Wildman–Crippen LogP) is 3.42. The van der Waals surface area contributed by atoms with Crippen molar-refractivity contribution in [2.45, 2.75) is 6.92 Å². The van der Waals surface area contributed by atoms with Crippen LogP contribution in [0.4, 0.5) is 0 Å². The van der Waals surface area contributed by atoms with Crippen molar-refractivity contribution in [1.29, 1.82) is 0 Å². The Bertz CT molecular complexity index is 804. The van der Waals surface area contributed by atoms with Gasteiger partial charge in [-0.3, -0.25) is 0 Å². The SMILES string of the molecule is COC(=O)c1cc(-c2c(C)[nH]c3ncc(Br)cc23)c[nH]1. The van der Waals surface area contributed by atoms with Crippen LogP contribution in [0.1, 0.15) is 16.2 Å². The minimum Gasteiger partial charge on any atom is -0.464 e. The van der Waals surface area contributed by atoms with Gasteiger partial charge in [-0.15, -0.1) is 0 Å². The van der Waals surface area contributed by atoms with Crippen LogP contribution in [0.5, 0.6) is 0 Å². The molecule has 3 rings (SSSR count). The van der Waals surface area contributed by atoms with Crippen molar-refractivity contribution >= 4 is 32.9 Å². The standard InChI is InChI=1S/C14H12BrN3O2/c1-7-12(8-3-11(16-5-8)14(19)20-2)10-4-9(15)6-17-13(10)18-7/h3-6,16H,1-2H3,(H,17,18). The molecule has 5 nitrogen and oxygen atoms in total. The van der Waals surface area contributed by atoms with Crippen molar-refractivity contribution in [2.24, 2.45) is 0 Å². The number of carbonyl (C=O) groups excluding carboxylic acids is 1. The molecule has 0 unspecified atom stereocenters. The van der Waals surface area contributed by atoms with Crippen LogP contribution in [0, 0.1) is 6.92 Å². The van der Waals surface area contributed by atoms with Crippen LogP contribution >= 0.6 is 15.9 Å². The number of hydrogen-bond acceptors (Lipinski definition) is 3. The van der Waals surface area contributed by atoms with E-state index < -0.39 is 0 Å². The highest BCUT2D eigenvalue weighted by molar-refractivity contribution is 9.10. The molecule has 0 saturated carbocycles. The fourth-order valence-electron chi connectivity index (χ4n) is 2.31. The molecule has 0 aliphatic heterocycles. The van der Waals surface area contributed by atoms with E-state index in [9.17, 15) is 4.79 Å². The highest BCUT2D eigenvalue weighted by atomic mass is 79.9. The van der Waals surface area contributed by atoms with Crippen molar-refractivity contribution in [3.8, 4) is 11.1 Å². The van der Waals surface area contributed by atoms with E-state index in [1.54, 1.807) is 18.5 Å². The normalized spacial score (nSPS) is 10.9. The number of H-pyrrole nitrogens is 2. The zero-order valence-corrected chi connectivity index (χ0v) is 12.5. The molecule has 0 aliphatic rings. The lowest BCUT2D eigenvalue weighted by Gasteiger charge is -1.98. The molecule has 0 radical (unpaired) electrons. The second-order valence-corrected chi connectivity index (χ2v) is 5.38. The van der Waals surface area contributed by atoms with E-state index in [4.69, 9.17) is 4.74 Å². The van der Waals surface area contributed by atoms with Crippen LogP contribution in [0.25, 0.3) is 22.2 Å². The van der Waals surface area contributed by atoms with E-state index >= 15 is 0 Å². The van der Waals surface area contributed by atoms with E-state index in [0.717, 1.165) is 32.3 Å². The third kappa shape index (κ3) is 2.02. The van der Waals surface area contributed by atoms with Gasteiger partial charge in [-0.05, 0) is 35.0 Å². The van der Waals surface area contributed by atoms with Crippen molar-refractivity contribution in [2.75, 3.05) is 7.11 Å². The topological polar surface area (TPSA) is 70.8 Å². The molecule has 0 atom stereocenters. The van der Waals surface area contributed by atoms with E-state index in [-0.39, 0.29) is 5.97 Å². The predicted molar refractivity (Wildman–Crippen MR) is 79.7 cm³/mol. The Morgan fingerprint density at radius 1 is 1.40 bits per heavy atom. The zero-order chi connectivity index (χ0) is 14.3. The summed E-state index contributed by atoms with van der Waals surface area (Å²) in [7, 11) is 1.36. The van der Waals surface area contributed by atoms with Gasteiger partial charge in [0.25, 0.3) is 0 Å². The molecule has 102 valence electrons. The summed E-state index contributed by atoms with van der Waals surface area (Å²) in [6.45, 7) is 1.98. The molecule has 0 spiro atoms. The van der Waals surface area contributed by atoms with Crippen LogP contribution in [0.3, 0.4) is 0 Å². The van der Waals surface area contributed by atoms with Crippen LogP contribution in [-0.2, 0) is 4.74 Å². The minimum absolute atomic E-state index is 0.381. The molecule has 0 aliphatic carbocycles. The lowest BCUT2D eigenvalue weighted by molar-refractivity contribution is 0.0595. The Hall–Kier alpha value is -2.08. The van der Waals surface area contributed by atoms with Gasteiger partial charge < -0.3 is 14.7 Å². The lowest BCUT2D eigenvalue weighted by atomic mass is 10.1. The summed E-state index contributed by atoms with van der Waals surface area (Å²) < 4.78 is 5.62. The van der Waals surface area contributed by atoms with E-state index in [2.05, 4.69) is 30.9 Å². The number of carbonyl (C=O) groups is 1. The maximum atomic E-state index is 11.5. The average molecular weight is 334 g/mol. The van der Waals surface area contributed by atoms with E-state index in [1.165, 1.54) is 7.11 Å². The Kier molecular flexibility index (Phi) is 3.10. The molecule has 6 heteroatoms. The number of nitrogens with one attached hydrogen (secondary N) is 2. The van der Waals surface area contributed by atoms with Gasteiger partial charge in [0.05, 0.1) is 7.11 Å². The first-order valence-electron chi connectivity index (χ1n) is 6.01. The molecule has 0 saturated heterocycles. The van der Waals surface area contributed by atoms with Crippen molar-refractivity contribution in [3.05, 3.63) is 40.4 Å². The molecule has 3 heterocycles. The van der Waals surface area contributed by atoms with E-state index in [0.29, 0.717) is 5.69 Å². The van der Waals surface area contributed by atoms with Gasteiger partial charge in [-0.25, -0.2) is 9.78 Å². The number of fused-ring (bicyclic) bond motifs is 1. The lowest BCUT2D eigenvalue weighted by Crippen LogP contribution is -2.00. The smallest absolute Gasteiger partial charge is 0.354 e. The van der Waals surface area contributed by atoms with Gasteiger partial charge in [0.1, 0.15) is 11.3 Å². The number of pyridine rings is 1.